The molecule has 1 saturated carbocycles. The zero-order valence-electron chi connectivity index (χ0n) is 18.0. The van der Waals surface area contributed by atoms with Gasteiger partial charge in [0, 0.05) is 17.4 Å². The van der Waals surface area contributed by atoms with Gasteiger partial charge >= 0.3 is 0 Å². The molecule has 0 saturated heterocycles. The van der Waals surface area contributed by atoms with Crippen LogP contribution in [-0.2, 0) is 26.7 Å². The first-order valence-electron chi connectivity index (χ1n) is 10.9. The molecule has 5 rings (SSSR count). The molecule has 1 fully saturated rings. The van der Waals surface area contributed by atoms with Crippen LogP contribution >= 0.6 is 0 Å². The first-order chi connectivity index (χ1) is 16.2. The maximum absolute atomic E-state index is 14.2. The molecule has 0 aromatic heterocycles. The summed E-state index contributed by atoms with van der Waals surface area (Å²) in [7, 11) is -4.37. The molecular formula is C25H21F3N2O3S. The Balaban J connectivity index is 1.60. The molecule has 0 unspecified atom stereocenters. The van der Waals surface area contributed by atoms with Crippen LogP contribution in [0.4, 0.5) is 24.5 Å². The number of benzene rings is 3. The highest BCUT2D eigenvalue weighted by molar-refractivity contribution is 7.92. The highest BCUT2D eigenvalue weighted by Gasteiger charge is 2.49. The maximum atomic E-state index is 14.2. The van der Waals surface area contributed by atoms with Gasteiger partial charge in [-0.2, -0.15) is 0 Å². The number of hydrogen-bond acceptors (Lipinski definition) is 3. The van der Waals surface area contributed by atoms with Gasteiger partial charge in [-0.15, -0.1) is 0 Å². The molecule has 2 N–H and O–H groups in total. The van der Waals surface area contributed by atoms with E-state index in [9.17, 15) is 26.4 Å². The van der Waals surface area contributed by atoms with Crippen LogP contribution in [0.3, 0.4) is 0 Å². The summed E-state index contributed by atoms with van der Waals surface area (Å²) in [5.41, 5.74) is 2.19. The van der Waals surface area contributed by atoms with Crippen molar-refractivity contribution in [3.8, 4) is 0 Å². The Hall–Kier alpha value is -3.33. The van der Waals surface area contributed by atoms with Gasteiger partial charge in [0.2, 0.25) is 5.91 Å². The van der Waals surface area contributed by atoms with E-state index >= 15 is 0 Å². The van der Waals surface area contributed by atoms with E-state index in [1.807, 2.05) is 0 Å². The van der Waals surface area contributed by atoms with Gasteiger partial charge in [-0.25, -0.2) is 21.6 Å². The van der Waals surface area contributed by atoms with Gasteiger partial charge in [-0.05, 0) is 72.4 Å². The number of nitrogens with one attached hydrogen (secondary N) is 2. The summed E-state index contributed by atoms with van der Waals surface area (Å²) < 4.78 is 69.1. The summed E-state index contributed by atoms with van der Waals surface area (Å²) in [6.07, 6.45) is 3.35. The molecule has 5 nitrogen and oxygen atoms in total. The van der Waals surface area contributed by atoms with Crippen LogP contribution < -0.4 is 10.0 Å². The number of halogens is 3. The normalized spacial score (nSPS) is 16.5. The average Bonchev–Trinajstić information content (AvgIpc) is 3.37. The predicted molar refractivity (Wildman–Crippen MR) is 122 cm³/mol. The second-order valence-corrected chi connectivity index (χ2v) is 10.4. The Bertz CT molecular complexity index is 1400. The van der Waals surface area contributed by atoms with Gasteiger partial charge in [0.05, 0.1) is 5.41 Å². The lowest BCUT2D eigenvalue weighted by Gasteiger charge is -2.22. The topological polar surface area (TPSA) is 75.3 Å². The monoisotopic (exact) mass is 486 g/mol. The van der Waals surface area contributed by atoms with E-state index in [1.165, 1.54) is 12.1 Å². The molecule has 176 valence electrons. The Kier molecular flexibility index (Phi) is 5.39. The standard InChI is InChI=1S/C25H21F3N2O3S/c26-17-5-3-15(4-6-17)11-16-12-19(30-34(32,33)22-8-7-18(27)13-21(22)28)14-20-23(16)29-24(31)25(20)9-1-2-10-25/h3-8,12-14,30H,1-2,9-11H2,(H,29,31). The lowest BCUT2D eigenvalue weighted by Crippen LogP contribution is -2.31. The molecule has 3 aromatic carbocycles. The number of hydrogen-bond donors (Lipinski definition) is 2. The number of rotatable bonds is 5. The van der Waals surface area contributed by atoms with Crippen molar-refractivity contribution >= 4 is 27.3 Å². The van der Waals surface area contributed by atoms with E-state index in [-0.39, 0.29) is 17.4 Å². The van der Waals surface area contributed by atoms with Crippen molar-refractivity contribution in [2.75, 3.05) is 10.0 Å². The number of fused-ring (bicyclic) bond motifs is 2. The first-order valence-corrected chi connectivity index (χ1v) is 12.4. The number of carbonyl (C=O) groups excluding carboxylic acids is 1. The summed E-state index contributed by atoms with van der Waals surface area (Å²) in [4.78, 5) is 12.3. The second kappa shape index (κ2) is 8.16. The van der Waals surface area contributed by atoms with Gasteiger partial charge in [0.15, 0.2) is 0 Å². The van der Waals surface area contributed by atoms with E-state index < -0.39 is 32.0 Å². The maximum Gasteiger partial charge on any atom is 0.264 e. The molecule has 1 heterocycles. The molecule has 3 aromatic rings. The van der Waals surface area contributed by atoms with Crippen LogP contribution in [-0.4, -0.2) is 14.3 Å². The molecule has 0 radical (unpaired) electrons. The number of sulfonamides is 1. The van der Waals surface area contributed by atoms with Gasteiger partial charge < -0.3 is 5.32 Å². The van der Waals surface area contributed by atoms with Crippen molar-refractivity contribution in [1.82, 2.24) is 0 Å². The van der Waals surface area contributed by atoms with Crippen molar-refractivity contribution in [3.63, 3.8) is 0 Å². The van der Waals surface area contributed by atoms with Crippen molar-refractivity contribution in [3.05, 3.63) is 88.7 Å². The van der Waals surface area contributed by atoms with Gasteiger partial charge in [0.25, 0.3) is 10.0 Å². The van der Waals surface area contributed by atoms with Crippen LogP contribution in [0.5, 0.6) is 0 Å². The molecule has 9 heteroatoms. The van der Waals surface area contributed by atoms with Crippen LogP contribution in [0.15, 0.2) is 59.5 Å². The van der Waals surface area contributed by atoms with E-state index in [4.69, 9.17) is 0 Å². The summed E-state index contributed by atoms with van der Waals surface area (Å²) >= 11 is 0. The minimum atomic E-state index is -4.37. The molecule has 1 spiro atoms. The highest BCUT2D eigenvalue weighted by atomic mass is 32.2. The van der Waals surface area contributed by atoms with E-state index in [1.54, 1.807) is 24.3 Å². The third-order valence-corrected chi connectivity index (χ3v) is 8.02. The Morgan fingerprint density at radius 1 is 0.912 bits per heavy atom. The van der Waals surface area contributed by atoms with Crippen LogP contribution in [0.1, 0.15) is 42.4 Å². The number of carbonyl (C=O) groups is 1. The minimum Gasteiger partial charge on any atom is -0.325 e. The number of amides is 1. The van der Waals surface area contributed by atoms with Crippen molar-refractivity contribution in [2.45, 2.75) is 42.4 Å². The molecule has 1 amide bonds. The Labute approximate surface area is 195 Å². The molecule has 0 bridgehead atoms. The van der Waals surface area contributed by atoms with E-state index in [0.29, 0.717) is 42.1 Å². The van der Waals surface area contributed by atoms with Crippen LogP contribution in [0.25, 0.3) is 0 Å². The first kappa shape index (κ1) is 22.5. The SMILES string of the molecule is O=C1Nc2c(Cc3ccc(F)cc3)cc(NS(=O)(=O)c3ccc(F)cc3F)cc2C12CCCC2. The van der Waals surface area contributed by atoms with Crippen LogP contribution in [0, 0.1) is 17.5 Å². The quantitative estimate of drug-likeness (QED) is 0.517. The summed E-state index contributed by atoms with van der Waals surface area (Å²) in [5.74, 6) is -2.59. The fourth-order valence-corrected chi connectivity index (χ4v) is 6.08. The third-order valence-electron chi connectivity index (χ3n) is 6.61. The van der Waals surface area contributed by atoms with Crippen molar-refractivity contribution in [1.29, 1.82) is 0 Å². The smallest absolute Gasteiger partial charge is 0.264 e. The molecule has 0 atom stereocenters. The number of anilines is 2. The fourth-order valence-electron chi connectivity index (χ4n) is 4.98. The van der Waals surface area contributed by atoms with Gasteiger partial charge in [0.1, 0.15) is 22.3 Å². The molecule has 2 aliphatic rings. The summed E-state index contributed by atoms with van der Waals surface area (Å²) in [6, 6.07) is 11.3. The van der Waals surface area contributed by atoms with Crippen molar-refractivity contribution < 1.29 is 26.4 Å². The average molecular weight is 487 g/mol. The molecule has 34 heavy (non-hydrogen) atoms. The van der Waals surface area contributed by atoms with Crippen LogP contribution in [0.2, 0.25) is 0 Å². The lowest BCUT2D eigenvalue weighted by atomic mass is 9.79. The third kappa shape index (κ3) is 3.83. The van der Waals surface area contributed by atoms with Gasteiger partial charge in [-0.1, -0.05) is 25.0 Å². The Morgan fingerprint density at radius 3 is 2.26 bits per heavy atom. The molecule has 1 aliphatic heterocycles. The lowest BCUT2D eigenvalue weighted by molar-refractivity contribution is -0.120. The minimum absolute atomic E-state index is 0.120. The van der Waals surface area contributed by atoms with Gasteiger partial charge in [-0.3, -0.25) is 9.52 Å². The fraction of sp³-hybridized carbons (Fsp3) is 0.240. The van der Waals surface area contributed by atoms with E-state index in [2.05, 4.69) is 10.0 Å². The predicted octanol–water partition coefficient (Wildman–Crippen LogP) is 5.26. The summed E-state index contributed by atoms with van der Waals surface area (Å²) in [5, 5.41) is 2.98. The van der Waals surface area contributed by atoms with Crippen molar-refractivity contribution in [2.24, 2.45) is 0 Å². The van der Waals surface area contributed by atoms with E-state index in [0.717, 1.165) is 30.5 Å². The largest absolute Gasteiger partial charge is 0.325 e. The Morgan fingerprint density at radius 2 is 1.59 bits per heavy atom. The zero-order chi connectivity index (χ0) is 24.1. The zero-order valence-corrected chi connectivity index (χ0v) is 18.8. The molecular weight excluding hydrogens is 465 g/mol. The summed E-state index contributed by atoms with van der Waals surface area (Å²) in [6.45, 7) is 0. The highest BCUT2D eigenvalue weighted by Crippen LogP contribution is 2.51. The second-order valence-electron chi connectivity index (χ2n) is 8.78. The molecule has 1 aliphatic carbocycles.